The quantitative estimate of drug-likeness (QED) is 0.576. The molecular weight excluding hydrogens is 124 g/mol. The summed E-state index contributed by atoms with van der Waals surface area (Å²) in [5, 5.41) is 4.29. The molecule has 1 aromatic heterocycles. The zero-order chi connectivity index (χ0) is 7.14. The highest BCUT2D eigenvalue weighted by Gasteiger charge is 2.25. The molecule has 0 bridgehead atoms. The summed E-state index contributed by atoms with van der Waals surface area (Å²) in [6.07, 6.45) is 4.59. The van der Waals surface area contributed by atoms with Crippen LogP contribution >= 0.6 is 0 Å². The highest BCUT2D eigenvalue weighted by Crippen LogP contribution is 2.35. The SMILES string of the molecule is Cc1cnn(C2CC2)c1C. The van der Waals surface area contributed by atoms with Gasteiger partial charge in [0.1, 0.15) is 0 Å². The van der Waals surface area contributed by atoms with Crippen molar-refractivity contribution in [3.8, 4) is 0 Å². The lowest BCUT2D eigenvalue weighted by molar-refractivity contribution is 0.621. The lowest BCUT2D eigenvalue weighted by Gasteiger charge is -1.99. The van der Waals surface area contributed by atoms with Gasteiger partial charge in [0.2, 0.25) is 0 Å². The summed E-state index contributed by atoms with van der Waals surface area (Å²) in [6, 6.07) is 0.730. The van der Waals surface area contributed by atoms with E-state index in [1.54, 1.807) is 0 Å². The Kier molecular flexibility index (Phi) is 1.10. The Morgan fingerprint density at radius 3 is 2.60 bits per heavy atom. The Morgan fingerprint density at radius 2 is 2.20 bits per heavy atom. The van der Waals surface area contributed by atoms with E-state index in [0.717, 1.165) is 6.04 Å². The smallest absolute Gasteiger partial charge is 0.0524 e. The second kappa shape index (κ2) is 1.84. The minimum absolute atomic E-state index is 0.730. The zero-order valence-corrected chi connectivity index (χ0v) is 6.46. The fourth-order valence-corrected chi connectivity index (χ4v) is 1.20. The second-order valence-corrected chi connectivity index (χ2v) is 3.09. The Bertz CT molecular complexity index is 246. The van der Waals surface area contributed by atoms with Crippen LogP contribution in [0.3, 0.4) is 0 Å². The summed E-state index contributed by atoms with van der Waals surface area (Å²) in [6.45, 7) is 4.25. The predicted octanol–water partition coefficient (Wildman–Crippen LogP) is 1.83. The maximum atomic E-state index is 4.29. The highest BCUT2D eigenvalue weighted by molar-refractivity contribution is 5.14. The van der Waals surface area contributed by atoms with Crippen molar-refractivity contribution >= 4 is 0 Å². The van der Waals surface area contributed by atoms with Gasteiger partial charge in [-0.05, 0) is 32.3 Å². The number of rotatable bonds is 1. The number of nitrogens with zero attached hydrogens (tertiary/aromatic N) is 2. The molecule has 1 fully saturated rings. The first-order chi connectivity index (χ1) is 4.79. The number of aromatic nitrogens is 2. The molecule has 1 aliphatic rings. The van der Waals surface area contributed by atoms with Gasteiger partial charge >= 0.3 is 0 Å². The molecule has 0 amide bonds. The Balaban J connectivity index is 2.40. The van der Waals surface area contributed by atoms with Crippen LogP contribution in [0.4, 0.5) is 0 Å². The van der Waals surface area contributed by atoms with Crippen LogP contribution in [0.5, 0.6) is 0 Å². The molecule has 10 heavy (non-hydrogen) atoms. The molecule has 2 heteroatoms. The molecule has 1 aliphatic carbocycles. The van der Waals surface area contributed by atoms with E-state index in [-0.39, 0.29) is 0 Å². The third-order valence-corrected chi connectivity index (χ3v) is 2.18. The average Bonchev–Trinajstić information content (AvgIpc) is 2.67. The van der Waals surface area contributed by atoms with Gasteiger partial charge in [-0.2, -0.15) is 5.10 Å². The van der Waals surface area contributed by atoms with Crippen molar-refractivity contribution in [2.24, 2.45) is 0 Å². The lowest BCUT2D eigenvalue weighted by Crippen LogP contribution is -1.98. The van der Waals surface area contributed by atoms with Crippen LogP contribution in [0.25, 0.3) is 0 Å². The number of hydrogen-bond donors (Lipinski definition) is 0. The van der Waals surface area contributed by atoms with Gasteiger partial charge in [0.25, 0.3) is 0 Å². The van der Waals surface area contributed by atoms with E-state index in [2.05, 4.69) is 23.6 Å². The molecule has 0 atom stereocenters. The third kappa shape index (κ3) is 0.753. The molecule has 2 rings (SSSR count). The standard InChI is InChI=1S/C8H12N2/c1-6-5-9-10(7(6)2)8-3-4-8/h5,8H,3-4H2,1-2H3. The largest absolute Gasteiger partial charge is 0.267 e. The fraction of sp³-hybridized carbons (Fsp3) is 0.625. The van der Waals surface area contributed by atoms with Gasteiger partial charge < -0.3 is 0 Å². The van der Waals surface area contributed by atoms with E-state index in [9.17, 15) is 0 Å². The molecule has 0 radical (unpaired) electrons. The van der Waals surface area contributed by atoms with E-state index in [1.807, 2.05) is 6.20 Å². The van der Waals surface area contributed by atoms with Crippen LogP contribution in [-0.2, 0) is 0 Å². The molecule has 1 saturated carbocycles. The van der Waals surface area contributed by atoms with Crippen molar-refractivity contribution in [1.82, 2.24) is 9.78 Å². The maximum absolute atomic E-state index is 4.29. The molecule has 0 unspecified atom stereocenters. The average molecular weight is 136 g/mol. The van der Waals surface area contributed by atoms with Crippen molar-refractivity contribution in [2.75, 3.05) is 0 Å². The molecule has 0 aromatic carbocycles. The van der Waals surface area contributed by atoms with E-state index >= 15 is 0 Å². The van der Waals surface area contributed by atoms with Crippen LogP contribution in [0.15, 0.2) is 6.20 Å². The molecule has 2 nitrogen and oxygen atoms in total. The van der Waals surface area contributed by atoms with Crippen molar-refractivity contribution < 1.29 is 0 Å². The topological polar surface area (TPSA) is 17.8 Å². The summed E-state index contributed by atoms with van der Waals surface area (Å²) in [5.41, 5.74) is 2.65. The summed E-state index contributed by atoms with van der Waals surface area (Å²) in [4.78, 5) is 0. The maximum Gasteiger partial charge on any atom is 0.0524 e. The summed E-state index contributed by atoms with van der Waals surface area (Å²) in [7, 11) is 0. The van der Waals surface area contributed by atoms with Gasteiger partial charge in [0.05, 0.1) is 12.2 Å². The molecule has 54 valence electrons. The summed E-state index contributed by atoms with van der Waals surface area (Å²) < 4.78 is 2.15. The normalized spacial score (nSPS) is 17.8. The predicted molar refractivity (Wildman–Crippen MR) is 40.0 cm³/mol. The summed E-state index contributed by atoms with van der Waals surface area (Å²) >= 11 is 0. The van der Waals surface area contributed by atoms with E-state index < -0.39 is 0 Å². The minimum Gasteiger partial charge on any atom is -0.267 e. The first-order valence-corrected chi connectivity index (χ1v) is 3.80. The molecule has 0 aliphatic heterocycles. The van der Waals surface area contributed by atoms with Gasteiger partial charge in [0.15, 0.2) is 0 Å². The highest BCUT2D eigenvalue weighted by atomic mass is 15.3. The van der Waals surface area contributed by atoms with Crippen molar-refractivity contribution in [2.45, 2.75) is 32.7 Å². The van der Waals surface area contributed by atoms with Gasteiger partial charge in [0, 0.05) is 5.69 Å². The van der Waals surface area contributed by atoms with E-state index in [4.69, 9.17) is 0 Å². The molecular formula is C8H12N2. The second-order valence-electron chi connectivity index (χ2n) is 3.09. The third-order valence-electron chi connectivity index (χ3n) is 2.18. The molecule has 0 N–H and O–H groups in total. The van der Waals surface area contributed by atoms with Crippen LogP contribution < -0.4 is 0 Å². The van der Waals surface area contributed by atoms with Gasteiger partial charge in [-0.3, -0.25) is 4.68 Å². The molecule has 1 aromatic rings. The first-order valence-electron chi connectivity index (χ1n) is 3.80. The van der Waals surface area contributed by atoms with Crippen molar-refractivity contribution in [3.05, 3.63) is 17.5 Å². The molecule has 0 spiro atoms. The van der Waals surface area contributed by atoms with Gasteiger partial charge in [-0.25, -0.2) is 0 Å². The van der Waals surface area contributed by atoms with Gasteiger partial charge in [-0.1, -0.05) is 0 Å². The van der Waals surface area contributed by atoms with Crippen molar-refractivity contribution in [1.29, 1.82) is 0 Å². The summed E-state index contributed by atoms with van der Waals surface area (Å²) in [5.74, 6) is 0. The van der Waals surface area contributed by atoms with Crippen LogP contribution in [0, 0.1) is 13.8 Å². The molecule has 1 heterocycles. The van der Waals surface area contributed by atoms with Gasteiger partial charge in [-0.15, -0.1) is 0 Å². The van der Waals surface area contributed by atoms with Crippen molar-refractivity contribution in [3.63, 3.8) is 0 Å². The van der Waals surface area contributed by atoms with E-state index in [0.29, 0.717) is 0 Å². The minimum atomic E-state index is 0.730. The lowest BCUT2D eigenvalue weighted by atomic mass is 10.3. The fourth-order valence-electron chi connectivity index (χ4n) is 1.20. The van der Waals surface area contributed by atoms with Crippen LogP contribution in [0.1, 0.15) is 30.1 Å². The Morgan fingerprint density at radius 1 is 1.50 bits per heavy atom. The zero-order valence-electron chi connectivity index (χ0n) is 6.46. The van der Waals surface area contributed by atoms with Crippen LogP contribution in [-0.4, -0.2) is 9.78 Å². The number of aryl methyl sites for hydroxylation is 1. The Labute approximate surface area is 60.9 Å². The molecule has 0 saturated heterocycles. The van der Waals surface area contributed by atoms with Crippen LogP contribution in [0.2, 0.25) is 0 Å². The number of hydrogen-bond acceptors (Lipinski definition) is 1. The monoisotopic (exact) mass is 136 g/mol. The van der Waals surface area contributed by atoms with E-state index in [1.165, 1.54) is 24.1 Å². The first kappa shape index (κ1) is 5.96. The Hall–Kier alpha value is -0.790.